The fourth-order valence-electron chi connectivity index (χ4n) is 1.96. The number of benzene rings is 1. The highest BCUT2D eigenvalue weighted by atomic mass is 32.1. The molecular formula is C18H21NO3S. The Labute approximate surface area is 139 Å². The SMILES string of the molecule is COc1ccccc1/C=c1\s/c(=C/C(=O)C(C)(C)C)n(C)c1=O. The number of nitrogens with zero attached hydrogens (tertiary/aromatic N) is 1. The van der Waals surface area contributed by atoms with Gasteiger partial charge in [-0.15, -0.1) is 11.3 Å². The molecule has 0 aliphatic heterocycles. The molecule has 0 aliphatic rings. The zero-order valence-electron chi connectivity index (χ0n) is 14.0. The van der Waals surface area contributed by atoms with Gasteiger partial charge in [-0.2, -0.15) is 0 Å². The van der Waals surface area contributed by atoms with E-state index in [4.69, 9.17) is 4.74 Å². The zero-order valence-corrected chi connectivity index (χ0v) is 14.9. The first-order valence-corrected chi connectivity index (χ1v) is 8.12. The van der Waals surface area contributed by atoms with Crippen LogP contribution in [-0.4, -0.2) is 17.5 Å². The lowest BCUT2D eigenvalue weighted by atomic mass is 9.91. The molecule has 0 fully saturated rings. The van der Waals surface area contributed by atoms with Gasteiger partial charge in [-0.05, 0) is 12.1 Å². The summed E-state index contributed by atoms with van der Waals surface area (Å²) in [6, 6.07) is 7.51. The van der Waals surface area contributed by atoms with E-state index in [0.29, 0.717) is 14.9 Å². The van der Waals surface area contributed by atoms with Crippen molar-refractivity contribution in [1.29, 1.82) is 0 Å². The third-order valence-corrected chi connectivity index (χ3v) is 4.59. The number of carbonyl (C=O) groups excluding carboxylic acids is 1. The lowest BCUT2D eigenvalue weighted by Crippen LogP contribution is -2.30. The van der Waals surface area contributed by atoms with Crippen LogP contribution in [0.2, 0.25) is 0 Å². The van der Waals surface area contributed by atoms with E-state index in [-0.39, 0.29) is 11.3 Å². The molecule has 2 rings (SSSR count). The molecular weight excluding hydrogens is 310 g/mol. The molecule has 0 bridgehead atoms. The summed E-state index contributed by atoms with van der Waals surface area (Å²) < 4.78 is 8.04. The van der Waals surface area contributed by atoms with Gasteiger partial charge in [0.15, 0.2) is 5.78 Å². The number of methoxy groups -OCH3 is 1. The molecule has 0 amide bonds. The van der Waals surface area contributed by atoms with Gasteiger partial charge >= 0.3 is 0 Å². The van der Waals surface area contributed by atoms with Gasteiger partial charge in [0, 0.05) is 24.1 Å². The van der Waals surface area contributed by atoms with Crippen LogP contribution in [0.15, 0.2) is 29.1 Å². The maximum absolute atomic E-state index is 12.4. The van der Waals surface area contributed by atoms with E-state index in [1.54, 1.807) is 26.3 Å². The second kappa shape index (κ2) is 6.54. The van der Waals surface area contributed by atoms with Crippen LogP contribution in [0.25, 0.3) is 12.2 Å². The summed E-state index contributed by atoms with van der Waals surface area (Å²) in [7, 11) is 3.28. The number of carbonyl (C=O) groups is 1. The van der Waals surface area contributed by atoms with Crippen molar-refractivity contribution < 1.29 is 9.53 Å². The van der Waals surface area contributed by atoms with Crippen molar-refractivity contribution in [2.75, 3.05) is 7.11 Å². The van der Waals surface area contributed by atoms with Crippen molar-refractivity contribution in [2.45, 2.75) is 20.8 Å². The first-order chi connectivity index (χ1) is 10.7. The first-order valence-electron chi connectivity index (χ1n) is 7.31. The summed E-state index contributed by atoms with van der Waals surface area (Å²) >= 11 is 1.31. The van der Waals surface area contributed by atoms with E-state index in [1.165, 1.54) is 15.9 Å². The number of hydrogen-bond acceptors (Lipinski definition) is 4. The maximum atomic E-state index is 12.4. The van der Waals surface area contributed by atoms with Crippen molar-refractivity contribution in [2.24, 2.45) is 12.5 Å². The Kier molecular flexibility index (Phi) is 4.90. The zero-order chi connectivity index (χ0) is 17.2. The van der Waals surface area contributed by atoms with Gasteiger partial charge in [0.25, 0.3) is 5.56 Å². The number of ether oxygens (including phenoxy) is 1. The van der Waals surface area contributed by atoms with Crippen LogP contribution >= 0.6 is 11.3 Å². The molecule has 0 N–H and O–H groups in total. The van der Waals surface area contributed by atoms with Crippen LogP contribution in [0.4, 0.5) is 0 Å². The molecule has 0 atom stereocenters. The molecule has 0 aliphatic carbocycles. The lowest BCUT2D eigenvalue weighted by Gasteiger charge is -2.12. The Morgan fingerprint density at radius 1 is 1.26 bits per heavy atom. The standard InChI is InChI=1S/C18H21NO3S/c1-18(2,3)15(20)11-16-19(4)17(21)14(23-16)10-12-8-6-7-9-13(12)22-5/h6-11H,1-5H3/b14-10-,16-11+. The van der Waals surface area contributed by atoms with E-state index in [2.05, 4.69) is 0 Å². The molecule has 0 radical (unpaired) electrons. The van der Waals surface area contributed by atoms with Gasteiger partial charge in [-0.3, -0.25) is 9.59 Å². The van der Waals surface area contributed by atoms with Crippen LogP contribution < -0.4 is 19.5 Å². The van der Waals surface area contributed by atoms with Crippen molar-refractivity contribution in [3.63, 3.8) is 0 Å². The largest absolute Gasteiger partial charge is 0.496 e. The summed E-state index contributed by atoms with van der Waals surface area (Å²) in [6.45, 7) is 5.58. The van der Waals surface area contributed by atoms with Crippen LogP contribution in [-0.2, 0) is 11.8 Å². The van der Waals surface area contributed by atoms with E-state index < -0.39 is 5.41 Å². The minimum Gasteiger partial charge on any atom is -0.496 e. The predicted molar refractivity (Wildman–Crippen MR) is 94.3 cm³/mol. The first kappa shape index (κ1) is 17.2. The molecule has 1 aromatic heterocycles. The van der Waals surface area contributed by atoms with E-state index in [0.717, 1.165) is 5.56 Å². The van der Waals surface area contributed by atoms with E-state index in [1.807, 2.05) is 45.0 Å². The van der Waals surface area contributed by atoms with Gasteiger partial charge < -0.3 is 9.30 Å². The minimum absolute atomic E-state index is 0.00167. The highest BCUT2D eigenvalue weighted by Gasteiger charge is 2.19. The Hall–Kier alpha value is -2.14. The van der Waals surface area contributed by atoms with Crippen LogP contribution in [0.1, 0.15) is 26.3 Å². The van der Waals surface area contributed by atoms with Crippen molar-refractivity contribution in [3.05, 3.63) is 49.4 Å². The average molecular weight is 331 g/mol. The van der Waals surface area contributed by atoms with Crippen molar-refractivity contribution in [1.82, 2.24) is 4.57 Å². The highest BCUT2D eigenvalue weighted by Crippen LogP contribution is 2.17. The normalized spacial score (nSPS) is 13.4. The van der Waals surface area contributed by atoms with Gasteiger partial charge in [0.2, 0.25) is 0 Å². The Bertz CT molecular complexity index is 898. The van der Waals surface area contributed by atoms with E-state index in [9.17, 15) is 9.59 Å². The number of Topliss-reactive ketones (excluding diaryl/α,β-unsaturated/α-hetero) is 1. The highest BCUT2D eigenvalue weighted by molar-refractivity contribution is 7.07. The minimum atomic E-state index is -0.466. The molecule has 5 heteroatoms. The second-order valence-electron chi connectivity index (χ2n) is 6.31. The van der Waals surface area contributed by atoms with Gasteiger partial charge in [0.1, 0.15) is 10.4 Å². The fraction of sp³-hybridized carbons (Fsp3) is 0.333. The third kappa shape index (κ3) is 3.79. The molecule has 1 heterocycles. The molecule has 0 spiro atoms. The van der Waals surface area contributed by atoms with Crippen LogP contribution in [0.3, 0.4) is 0 Å². The number of ketones is 1. The van der Waals surface area contributed by atoms with Crippen molar-refractivity contribution >= 4 is 29.3 Å². The molecule has 0 saturated heterocycles. The second-order valence-corrected chi connectivity index (χ2v) is 7.38. The molecule has 1 aromatic carbocycles. The van der Waals surface area contributed by atoms with Crippen LogP contribution in [0, 0.1) is 5.41 Å². The Balaban J connectivity index is 2.62. The molecule has 0 unspecified atom stereocenters. The molecule has 122 valence electrons. The lowest BCUT2D eigenvalue weighted by molar-refractivity contribution is -0.120. The molecule has 23 heavy (non-hydrogen) atoms. The number of thiazole rings is 1. The summed E-state index contributed by atoms with van der Waals surface area (Å²) in [5, 5.41) is 0. The summed E-state index contributed by atoms with van der Waals surface area (Å²) in [5.74, 6) is 0.706. The number of rotatable bonds is 3. The molecule has 2 aromatic rings. The predicted octanol–water partition coefficient (Wildman–Crippen LogP) is 1.68. The monoisotopic (exact) mass is 331 g/mol. The van der Waals surface area contributed by atoms with Crippen LogP contribution in [0.5, 0.6) is 5.75 Å². The smallest absolute Gasteiger partial charge is 0.268 e. The average Bonchev–Trinajstić information content (AvgIpc) is 2.75. The van der Waals surface area contributed by atoms with E-state index >= 15 is 0 Å². The summed E-state index contributed by atoms with van der Waals surface area (Å²) in [6.07, 6.45) is 3.34. The fourth-order valence-corrected chi connectivity index (χ4v) is 2.98. The quantitative estimate of drug-likeness (QED) is 0.860. The number of para-hydroxylation sites is 1. The molecule has 4 nitrogen and oxygen atoms in total. The van der Waals surface area contributed by atoms with Gasteiger partial charge in [-0.1, -0.05) is 39.0 Å². The summed E-state index contributed by atoms with van der Waals surface area (Å²) in [5.41, 5.74) is 0.253. The molecule has 0 saturated carbocycles. The Morgan fingerprint density at radius 2 is 1.91 bits per heavy atom. The van der Waals surface area contributed by atoms with Gasteiger partial charge in [-0.25, -0.2) is 0 Å². The Morgan fingerprint density at radius 3 is 2.52 bits per heavy atom. The number of aromatic nitrogens is 1. The topological polar surface area (TPSA) is 48.3 Å². The number of hydrogen-bond donors (Lipinski definition) is 0. The summed E-state index contributed by atoms with van der Waals surface area (Å²) in [4.78, 5) is 24.6. The van der Waals surface area contributed by atoms with Crippen molar-refractivity contribution in [3.8, 4) is 5.75 Å². The third-order valence-electron chi connectivity index (χ3n) is 3.48. The maximum Gasteiger partial charge on any atom is 0.268 e. The van der Waals surface area contributed by atoms with Gasteiger partial charge in [0.05, 0.1) is 11.6 Å².